The van der Waals surface area contributed by atoms with E-state index in [4.69, 9.17) is 4.74 Å². The van der Waals surface area contributed by atoms with E-state index in [0.29, 0.717) is 44.9 Å². The Morgan fingerprint density at radius 2 is 2.26 bits per heavy atom. The monoisotopic (exact) mass is 374 g/mol. The number of amides is 1. The molecular weight excluding hydrogens is 351 g/mol. The minimum Gasteiger partial charge on any atom is -0.383 e. The molecule has 1 aliphatic heterocycles. The molecule has 2 heterocycles. The van der Waals surface area contributed by atoms with Crippen LogP contribution in [0, 0.1) is 11.7 Å². The fourth-order valence-electron chi connectivity index (χ4n) is 3.13. The maximum absolute atomic E-state index is 13.2. The lowest BCUT2D eigenvalue weighted by Crippen LogP contribution is -2.33. The highest BCUT2D eigenvalue weighted by molar-refractivity contribution is 5.80. The average Bonchev–Trinajstić information content (AvgIpc) is 3.15. The van der Waals surface area contributed by atoms with E-state index in [1.165, 1.54) is 22.9 Å². The normalized spacial score (nSPS) is 16.5. The zero-order chi connectivity index (χ0) is 19.2. The Labute approximate surface area is 156 Å². The van der Waals surface area contributed by atoms with E-state index in [9.17, 15) is 14.0 Å². The number of halogens is 1. The molecule has 2 aromatic rings. The number of benzene rings is 1. The lowest BCUT2D eigenvalue weighted by atomic mass is 10.1. The van der Waals surface area contributed by atoms with Crippen LogP contribution in [0.3, 0.4) is 0 Å². The number of nitrogens with one attached hydrogen (secondary N) is 1. The lowest BCUT2D eigenvalue weighted by molar-refractivity contribution is -0.124. The molecule has 1 fully saturated rings. The second kappa shape index (κ2) is 8.77. The number of carbonyl (C=O) groups is 1. The van der Waals surface area contributed by atoms with Crippen LogP contribution in [-0.2, 0) is 22.6 Å². The topological polar surface area (TPSA) is 76.5 Å². The van der Waals surface area contributed by atoms with Crippen LogP contribution in [0.15, 0.2) is 41.3 Å². The first-order valence-electron chi connectivity index (χ1n) is 8.90. The number of nitrogens with zero attached hydrogens (tertiary/aromatic N) is 3. The van der Waals surface area contributed by atoms with E-state index < -0.39 is 0 Å². The maximum atomic E-state index is 13.2. The van der Waals surface area contributed by atoms with Gasteiger partial charge in [0.05, 0.1) is 31.0 Å². The lowest BCUT2D eigenvalue weighted by Gasteiger charge is -2.18. The van der Waals surface area contributed by atoms with Crippen LogP contribution >= 0.6 is 0 Å². The molecule has 1 unspecified atom stereocenters. The van der Waals surface area contributed by atoms with Crippen LogP contribution in [0.1, 0.15) is 12.0 Å². The van der Waals surface area contributed by atoms with Gasteiger partial charge in [-0.3, -0.25) is 9.59 Å². The van der Waals surface area contributed by atoms with E-state index in [1.54, 1.807) is 25.4 Å². The van der Waals surface area contributed by atoms with E-state index >= 15 is 0 Å². The van der Waals surface area contributed by atoms with Gasteiger partial charge in [0.25, 0.3) is 5.56 Å². The van der Waals surface area contributed by atoms with Crippen LogP contribution in [0.4, 0.5) is 10.1 Å². The Bertz CT molecular complexity index is 855. The van der Waals surface area contributed by atoms with Crippen molar-refractivity contribution in [3.05, 3.63) is 58.3 Å². The van der Waals surface area contributed by atoms with Gasteiger partial charge in [0.1, 0.15) is 5.82 Å². The number of rotatable bonds is 7. The Balaban J connectivity index is 1.55. The number of aromatic nitrogens is 2. The predicted molar refractivity (Wildman–Crippen MR) is 98.9 cm³/mol. The predicted octanol–water partition coefficient (Wildman–Crippen LogP) is 1.17. The van der Waals surface area contributed by atoms with E-state index in [1.807, 2.05) is 4.90 Å². The first-order chi connectivity index (χ1) is 13.1. The standard InChI is InChI=1S/C19H23FN4O3/c1-27-8-7-24-18(25)10-17(12-22-24)23-6-5-15(13-23)19(26)21-11-14-3-2-4-16(20)9-14/h2-4,9-10,12,15H,5-8,11,13H2,1H3,(H,21,26). The van der Waals surface area contributed by atoms with Crippen molar-refractivity contribution in [3.63, 3.8) is 0 Å². The third kappa shape index (κ3) is 4.91. The fraction of sp³-hybridized carbons (Fsp3) is 0.421. The molecule has 1 N–H and O–H groups in total. The molecular formula is C19H23FN4O3. The van der Waals surface area contributed by atoms with Crippen LogP contribution in [0.25, 0.3) is 0 Å². The van der Waals surface area contributed by atoms with Crippen molar-refractivity contribution < 1.29 is 13.9 Å². The smallest absolute Gasteiger partial charge is 0.268 e. The zero-order valence-corrected chi connectivity index (χ0v) is 15.2. The summed E-state index contributed by atoms with van der Waals surface area (Å²) in [5.74, 6) is -0.556. The SMILES string of the molecule is COCCn1ncc(N2CCC(C(=O)NCc3cccc(F)c3)C2)cc1=O. The molecule has 7 nitrogen and oxygen atoms in total. The Kier molecular flexibility index (Phi) is 6.18. The molecule has 1 aliphatic rings. The second-order valence-corrected chi connectivity index (χ2v) is 6.55. The van der Waals surface area contributed by atoms with E-state index in [-0.39, 0.29) is 23.2 Å². The summed E-state index contributed by atoms with van der Waals surface area (Å²) in [6.45, 7) is 2.33. The molecule has 0 aliphatic carbocycles. The molecule has 8 heteroatoms. The highest BCUT2D eigenvalue weighted by atomic mass is 19.1. The van der Waals surface area contributed by atoms with Crippen LogP contribution in [0.2, 0.25) is 0 Å². The van der Waals surface area contributed by atoms with E-state index in [2.05, 4.69) is 10.4 Å². The highest BCUT2D eigenvalue weighted by Gasteiger charge is 2.28. The van der Waals surface area contributed by atoms with Crippen LogP contribution in [-0.4, -0.2) is 42.5 Å². The minimum absolute atomic E-state index is 0.0665. The number of ether oxygens (including phenoxy) is 1. The first-order valence-corrected chi connectivity index (χ1v) is 8.90. The van der Waals surface area contributed by atoms with Gasteiger partial charge in [0.15, 0.2) is 0 Å². The van der Waals surface area contributed by atoms with Crippen LogP contribution < -0.4 is 15.8 Å². The van der Waals surface area contributed by atoms with Gasteiger partial charge < -0.3 is 15.0 Å². The third-order valence-corrected chi connectivity index (χ3v) is 4.64. The quantitative estimate of drug-likeness (QED) is 0.787. The fourth-order valence-corrected chi connectivity index (χ4v) is 3.13. The van der Waals surface area contributed by atoms with Crippen molar-refractivity contribution >= 4 is 11.6 Å². The van der Waals surface area contributed by atoms with Crippen molar-refractivity contribution in [2.24, 2.45) is 5.92 Å². The highest BCUT2D eigenvalue weighted by Crippen LogP contribution is 2.22. The molecule has 27 heavy (non-hydrogen) atoms. The van der Waals surface area contributed by atoms with Crippen molar-refractivity contribution in [2.75, 3.05) is 31.7 Å². The van der Waals surface area contributed by atoms with Gasteiger partial charge >= 0.3 is 0 Å². The van der Waals surface area contributed by atoms with E-state index in [0.717, 1.165) is 5.56 Å². The summed E-state index contributed by atoms with van der Waals surface area (Å²) in [6, 6.07) is 7.71. The van der Waals surface area contributed by atoms with Crippen molar-refractivity contribution in [1.82, 2.24) is 15.1 Å². The summed E-state index contributed by atoms with van der Waals surface area (Å²) < 4.78 is 19.5. The van der Waals surface area contributed by atoms with Gasteiger partial charge in [0, 0.05) is 32.8 Å². The number of hydrogen-bond donors (Lipinski definition) is 1. The van der Waals surface area contributed by atoms with Gasteiger partial charge in [0.2, 0.25) is 5.91 Å². The number of carbonyl (C=O) groups excluding carboxylic acids is 1. The molecule has 0 radical (unpaired) electrons. The summed E-state index contributed by atoms with van der Waals surface area (Å²) in [7, 11) is 1.57. The largest absolute Gasteiger partial charge is 0.383 e. The Morgan fingerprint density at radius 3 is 3.00 bits per heavy atom. The second-order valence-electron chi connectivity index (χ2n) is 6.55. The maximum Gasteiger partial charge on any atom is 0.268 e. The molecule has 1 saturated heterocycles. The molecule has 1 amide bonds. The average molecular weight is 374 g/mol. The van der Waals surface area contributed by atoms with Crippen molar-refractivity contribution in [1.29, 1.82) is 0 Å². The Morgan fingerprint density at radius 1 is 1.41 bits per heavy atom. The number of hydrogen-bond acceptors (Lipinski definition) is 5. The third-order valence-electron chi connectivity index (χ3n) is 4.64. The number of anilines is 1. The molecule has 1 aromatic carbocycles. The molecule has 0 bridgehead atoms. The van der Waals surface area contributed by atoms with Gasteiger partial charge in [-0.05, 0) is 24.1 Å². The first kappa shape index (κ1) is 19.0. The zero-order valence-electron chi connectivity index (χ0n) is 15.2. The molecule has 144 valence electrons. The Hall–Kier alpha value is -2.74. The minimum atomic E-state index is -0.318. The van der Waals surface area contributed by atoms with Crippen molar-refractivity contribution in [2.45, 2.75) is 19.5 Å². The summed E-state index contributed by atoms with van der Waals surface area (Å²) in [4.78, 5) is 26.5. The molecule has 0 saturated carbocycles. The summed E-state index contributed by atoms with van der Waals surface area (Å²) in [6.07, 6.45) is 2.34. The molecule has 1 atom stereocenters. The molecule has 1 aromatic heterocycles. The molecule has 0 spiro atoms. The summed E-state index contributed by atoms with van der Waals surface area (Å²) in [5, 5.41) is 7.02. The van der Waals surface area contributed by atoms with Gasteiger partial charge in [-0.1, -0.05) is 12.1 Å². The van der Waals surface area contributed by atoms with Gasteiger partial charge in [-0.2, -0.15) is 5.10 Å². The van der Waals surface area contributed by atoms with Gasteiger partial charge in [-0.25, -0.2) is 9.07 Å². The van der Waals surface area contributed by atoms with Crippen molar-refractivity contribution in [3.8, 4) is 0 Å². The number of methoxy groups -OCH3 is 1. The summed E-state index contributed by atoms with van der Waals surface area (Å²) >= 11 is 0. The summed E-state index contributed by atoms with van der Waals surface area (Å²) in [5.41, 5.74) is 1.25. The molecule has 3 rings (SSSR count). The van der Waals surface area contributed by atoms with Crippen LogP contribution in [0.5, 0.6) is 0 Å². The van der Waals surface area contributed by atoms with Gasteiger partial charge in [-0.15, -0.1) is 0 Å².